The van der Waals surface area contributed by atoms with Crippen LogP contribution >= 0.6 is 0 Å². The highest BCUT2D eigenvalue weighted by Crippen LogP contribution is 2.30. The molecule has 0 aliphatic carbocycles. The molecule has 0 aliphatic rings. The van der Waals surface area contributed by atoms with Gasteiger partial charge in [-0.2, -0.15) is 0 Å². The average Bonchev–Trinajstić information content (AvgIpc) is 2.28. The Kier molecular flexibility index (Phi) is 4.61. The van der Waals surface area contributed by atoms with E-state index in [4.69, 9.17) is 9.84 Å². The summed E-state index contributed by atoms with van der Waals surface area (Å²) in [7, 11) is 1.48. The molecule has 0 aromatic heterocycles. The first kappa shape index (κ1) is 13.9. The number of aryl methyl sites for hydroxylation is 1. The number of ether oxygens (including phenoxy) is 1. The molecule has 0 heterocycles. The Morgan fingerprint density at radius 3 is 2.78 bits per heavy atom. The van der Waals surface area contributed by atoms with Crippen molar-refractivity contribution in [2.45, 2.75) is 13.0 Å². The monoisotopic (exact) mass is 254 g/mol. The number of nitrogens with zero attached hydrogens (tertiary/aromatic N) is 1. The highest BCUT2D eigenvalue weighted by Gasteiger charge is 2.21. The van der Waals surface area contributed by atoms with Gasteiger partial charge in [0.25, 0.3) is 0 Å². The first-order chi connectivity index (χ1) is 8.47. The number of likely N-dealkylation sites (N-methyl/N-ethyl adjacent to an activating group) is 1. The number of rotatable bonds is 6. The minimum Gasteiger partial charge on any atom is -0.485 e. The normalized spacial score (nSPS) is 11.9. The summed E-state index contributed by atoms with van der Waals surface area (Å²) in [6.07, 6.45) is 0. The second-order valence-electron chi connectivity index (χ2n) is 3.67. The molecule has 1 rings (SSSR count). The van der Waals surface area contributed by atoms with Gasteiger partial charge in [0.15, 0.2) is 5.75 Å². The molecule has 1 unspecified atom stereocenters. The number of benzene rings is 1. The van der Waals surface area contributed by atoms with Gasteiger partial charge in [0.2, 0.25) is 0 Å². The minimum absolute atomic E-state index is 0.0708. The van der Waals surface area contributed by atoms with Crippen LogP contribution < -0.4 is 10.1 Å². The lowest BCUT2D eigenvalue weighted by Crippen LogP contribution is -2.39. The summed E-state index contributed by atoms with van der Waals surface area (Å²) in [5, 5.41) is 22.2. The summed E-state index contributed by atoms with van der Waals surface area (Å²) in [5.74, 6) is -1.01. The molecule has 0 amide bonds. The minimum atomic E-state index is -1.08. The fraction of sp³-hybridized carbons (Fsp3) is 0.364. The lowest BCUT2D eigenvalue weighted by molar-refractivity contribution is -0.386. The number of carboxylic acid groups (broad SMARTS) is 1. The van der Waals surface area contributed by atoms with Crippen molar-refractivity contribution in [3.63, 3.8) is 0 Å². The molecule has 7 nitrogen and oxygen atoms in total. The molecular formula is C11H14N2O5. The van der Waals surface area contributed by atoms with Crippen LogP contribution in [0.5, 0.6) is 5.75 Å². The number of nitro benzene ring substituents is 1. The fourth-order valence-corrected chi connectivity index (χ4v) is 1.43. The summed E-state index contributed by atoms with van der Waals surface area (Å²) < 4.78 is 5.21. The number of nitro groups is 1. The number of para-hydroxylation sites is 1. The molecule has 1 aromatic rings. The van der Waals surface area contributed by atoms with Crippen LogP contribution in [0.3, 0.4) is 0 Å². The van der Waals surface area contributed by atoms with E-state index in [1.807, 2.05) is 0 Å². The van der Waals surface area contributed by atoms with Gasteiger partial charge in [0.1, 0.15) is 12.6 Å². The molecule has 0 aliphatic heterocycles. The van der Waals surface area contributed by atoms with Gasteiger partial charge >= 0.3 is 11.7 Å². The molecule has 18 heavy (non-hydrogen) atoms. The maximum Gasteiger partial charge on any atom is 0.324 e. The van der Waals surface area contributed by atoms with Crippen molar-refractivity contribution in [1.29, 1.82) is 0 Å². The summed E-state index contributed by atoms with van der Waals surface area (Å²) in [4.78, 5) is 21.1. The number of hydrogen-bond acceptors (Lipinski definition) is 5. The Morgan fingerprint density at radius 1 is 1.61 bits per heavy atom. The third kappa shape index (κ3) is 3.17. The Balaban J connectivity index is 2.88. The fourth-order valence-electron chi connectivity index (χ4n) is 1.43. The smallest absolute Gasteiger partial charge is 0.324 e. The summed E-state index contributed by atoms with van der Waals surface area (Å²) in [6, 6.07) is 3.75. The Hall–Kier alpha value is -2.15. The van der Waals surface area contributed by atoms with Crippen LogP contribution in [0.2, 0.25) is 0 Å². The van der Waals surface area contributed by atoms with Crippen molar-refractivity contribution in [2.24, 2.45) is 0 Å². The molecule has 98 valence electrons. The molecule has 0 fully saturated rings. The zero-order chi connectivity index (χ0) is 13.7. The van der Waals surface area contributed by atoms with E-state index < -0.39 is 16.9 Å². The Bertz CT molecular complexity index is 461. The van der Waals surface area contributed by atoms with E-state index in [0.717, 1.165) is 0 Å². The predicted octanol–water partition coefficient (Wildman–Crippen LogP) is 0.955. The van der Waals surface area contributed by atoms with Gasteiger partial charge in [-0.05, 0) is 20.0 Å². The quantitative estimate of drug-likeness (QED) is 0.579. The average molecular weight is 254 g/mol. The third-order valence-corrected chi connectivity index (χ3v) is 2.44. The van der Waals surface area contributed by atoms with Gasteiger partial charge in [-0.1, -0.05) is 12.1 Å². The molecule has 1 aromatic carbocycles. The van der Waals surface area contributed by atoms with Crippen molar-refractivity contribution >= 4 is 11.7 Å². The molecule has 0 saturated heterocycles. The third-order valence-electron chi connectivity index (χ3n) is 2.44. The van der Waals surface area contributed by atoms with Crippen LogP contribution in [0, 0.1) is 17.0 Å². The number of nitrogens with one attached hydrogen (secondary N) is 1. The van der Waals surface area contributed by atoms with Gasteiger partial charge in [-0.25, -0.2) is 0 Å². The van der Waals surface area contributed by atoms with Crippen LogP contribution in [0.15, 0.2) is 18.2 Å². The highest BCUT2D eigenvalue weighted by atomic mass is 16.6. The van der Waals surface area contributed by atoms with E-state index in [9.17, 15) is 14.9 Å². The summed E-state index contributed by atoms with van der Waals surface area (Å²) in [6.45, 7) is 1.41. The number of aliphatic carboxylic acids is 1. The molecule has 0 radical (unpaired) electrons. The lowest BCUT2D eigenvalue weighted by atomic mass is 10.2. The highest BCUT2D eigenvalue weighted by molar-refractivity contribution is 5.73. The SMILES string of the molecule is CNC(COc1cccc(C)c1[N+](=O)[O-])C(=O)O. The van der Waals surface area contributed by atoms with Crippen LogP contribution in [-0.2, 0) is 4.79 Å². The van der Waals surface area contributed by atoms with E-state index in [1.54, 1.807) is 19.1 Å². The number of hydrogen-bond donors (Lipinski definition) is 2. The van der Waals surface area contributed by atoms with Gasteiger partial charge in [-0.3, -0.25) is 14.9 Å². The van der Waals surface area contributed by atoms with Gasteiger partial charge < -0.3 is 15.2 Å². The number of carbonyl (C=O) groups is 1. The first-order valence-corrected chi connectivity index (χ1v) is 5.24. The van der Waals surface area contributed by atoms with E-state index in [1.165, 1.54) is 13.1 Å². The standard InChI is InChI=1S/C11H14N2O5/c1-7-4-3-5-9(10(7)13(16)17)18-6-8(12-2)11(14)15/h3-5,8,12H,6H2,1-2H3,(H,14,15). The topological polar surface area (TPSA) is 102 Å². The first-order valence-electron chi connectivity index (χ1n) is 5.24. The Morgan fingerprint density at radius 2 is 2.28 bits per heavy atom. The molecule has 7 heteroatoms. The second kappa shape index (κ2) is 5.97. The van der Waals surface area contributed by atoms with Crippen molar-refractivity contribution in [3.8, 4) is 5.75 Å². The van der Waals surface area contributed by atoms with E-state index >= 15 is 0 Å². The van der Waals surface area contributed by atoms with Crippen molar-refractivity contribution in [1.82, 2.24) is 5.32 Å². The largest absolute Gasteiger partial charge is 0.485 e. The van der Waals surface area contributed by atoms with E-state index in [2.05, 4.69) is 5.32 Å². The molecule has 0 bridgehead atoms. The number of carboxylic acids is 1. The van der Waals surface area contributed by atoms with Crippen LogP contribution in [0.4, 0.5) is 5.69 Å². The van der Waals surface area contributed by atoms with Crippen LogP contribution in [0.1, 0.15) is 5.56 Å². The van der Waals surface area contributed by atoms with Crippen molar-refractivity contribution < 1.29 is 19.6 Å². The zero-order valence-electron chi connectivity index (χ0n) is 10.0. The lowest BCUT2D eigenvalue weighted by Gasteiger charge is -2.13. The van der Waals surface area contributed by atoms with E-state index in [-0.39, 0.29) is 18.0 Å². The van der Waals surface area contributed by atoms with Gasteiger partial charge in [0, 0.05) is 5.56 Å². The molecule has 0 spiro atoms. The second-order valence-corrected chi connectivity index (χ2v) is 3.67. The zero-order valence-corrected chi connectivity index (χ0v) is 10.0. The maximum absolute atomic E-state index is 10.9. The predicted molar refractivity (Wildman–Crippen MR) is 63.8 cm³/mol. The summed E-state index contributed by atoms with van der Waals surface area (Å²) in [5.41, 5.74) is 0.326. The molecule has 0 saturated carbocycles. The van der Waals surface area contributed by atoms with E-state index in [0.29, 0.717) is 5.56 Å². The molecule has 2 N–H and O–H groups in total. The van der Waals surface area contributed by atoms with Crippen LogP contribution in [0.25, 0.3) is 0 Å². The van der Waals surface area contributed by atoms with Crippen molar-refractivity contribution in [3.05, 3.63) is 33.9 Å². The van der Waals surface area contributed by atoms with Gasteiger partial charge in [0.05, 0.1) is 4.92 Å². The molecule has 1 atom stereocenters. The molecular weight excluding hydrogens is 240 g/mol. The van der Waals surface area contributed by atoms with Crippen molar-refractivity contribution in [2.75, 3.05) is 13.7 Å². The van der Waals surface area contributed by atoms with Gasteiger partial charge in [-0.15, -0.1) is 0 Å². The Labute approximate surface area is 104 Å². The van der Waals surface area contributed by atoms with Crippen LogP contribution in [-0.4, -0.2) is 35.7 Å². The summed E-state index contributed by atoms with van der Waals surface area (Å²) >= 11 is 0. The maximum atomic E-state index is 10.9.